The highest BCUT2D eigenvalue weighted by Gasteiger charge is 2.13. The Morgan fingerprint density at radius 3 is 2.35 bits per heavy atom. The molecule has 2 aromatic carbocycles. The van der Waals surface area contributed by atoms with Crippen molar-refractivity contribution in [3.8, 4) is 0 Å². The maximum Gasteiger partial charge on any atom is 0.233 e. The van der Waals surface area contributed by atoms with E-state index in [1.54, 1.807) is 6.07 Å². The molecule has 0 aliphatic rings. The number of carbonyl (C=O) groups is 2. The van der Waals surface area contributed by atoms with E-state index in [0.29, 0.717) is 5.69 Å². The Hall–Kier alpha value is -2.62. The second-order valence-electron chi connectivity index (χ2n) is 5.61. The summed E-state index contributed by atoms with van der Waals surface area (Å²) in [5.74, 6) is -0.626. The fourth-order valence-corrected chi connectivity index (χ4v) is 2.46. The summed E-state index contributed by atoms with van der Waals surface area (Å²) in [6.45, 7) is 5.93. The Labute approximate surface area is 136 Å². The summed E-state index contributed by atoms with van der Waals surface area (Å²) in [5, 5.41) is 5.60. The molecular formula is C19H22N2O2. The highest BCUT2D eigenvalue weighted by molar-refractivity contribution is 6.08. The molecule has 2 aromatic rings. The maximum atomic E-state index is 12.1. The summed E-state index contributed by atoms with van der Waals surface area (Å²) in [7, 11) is 0. The Balaban J connectivity index is 1.98. The second-order valence-corrected chi connectivity index (χ2v) is 5.61. The molecule has 0 bridgehead atoms. The molecule has 0 saturated carbocycles. The van der Waals surface area contributed by atoms with E-state index in [-0.39, 0.29) is 18.2 Å². The second kappa shape index (κ2) is 7.58. The van der Waals surface area contributed by atoms with Gasteiger partial charge in [-0.2, -0.15) is 0 Å². The Bertz CT molecular complexity index is 723. The Morgan fingerprint density at radius 2 is 1.65 bits per heavy atom. The first kappa shape index (κ1) is 16.7. The molecule has 4 heteroatoms. The predicted molar refractivity (Wildman–Crippen MR) is 93.6 cm³/mol. The number of hydrogen-bond acceptors (Lipinski definition) is 2. The molecule has 23 heavy (non-hydrogen) atoms. The highest BCUT2D eigenvalue weighted by Crippen LogP contribution is 2.21. The molecule has 2 rings (SSSR count). The quantitative estimate of drug-likeness (QED) is 0.825. The summed E-state index contributed by atoms with van der Waals surface area (Å²) in [5.41, 5.74) is 4.63. The third kappa shape index (κ3) is 4.68. The van der Waals surface area contributed by atoms with Gasteiger partial charge in [-0.1, -0.05) is 37.3 Å². The van der Waals surface area contributed by atoms with Gasteiger partial charge < -0.3 is 10.6 Å². The summed E-state index contributed by atoms with van der Waals surface area (Å²) in [6, 6.07) is 13.4. The van der Waals surface area contributed by atoms with E-state index < -0.39 is 0 Å². The van der Waals surface area contributed by atoms with Gasteiger partial charge in [0.15, 0.2) is 0 Å². The summed E-state index contributed by atoms with van der Waals surface area (Å²) in [6.07, 6.45) is 0.623. The van der Waals surface area contributed by atoms with Gasteiger partial charge in [-0.3, -0.25) is 9.59 Å². The molecule has 0 spiro atoms. The fraction of sp³-hybridized carbons (Fsp3) is 0.263. The van der Waals surface area contributed by atoms with E-state index in [4.69, 9.17) is 0 Å². The third-order valence-electron chi connectivity index (χ3n) is 3.63. The lowest BCUT2D eigenvalue weighted by Crippen LogP contribution is -2.22. The van der Waals surface area contributed by atoms with Crippen LogP contribution >= 0.6 is 0 Å². The van der Waals surface area contributed by atoms with Crippen molar-refractivity contribution in [2.75, 3.05) is 10.6 Å². The van der Waals surface area contributed by atoms with Gasteiger partial charge in [0, 0.05) is 11.4 Å². The lowest BCUT2D eigenvalue weighted by molar-refractivity contribution is -0.123. The molecule has 120 valence electrons. The molecule has 0 saturated heterocycles. The zero-order valence-corrected chi connectivity index (χ0v) is 13.8. The van der Waals surface area contributed by atoms with E-state index in [1.165, 1.54) is 0 Å². The van der Waals surface area contributed by atoms with Crippen LogP contribution in [-0.2, 0) is 16.0 Å². The predicted octanol–water partition coefficient (Wildman–Crippen LogP) is 3.83. The maximum absolute atomic E-state index is 12.1. The van der Waals surface area contributed by atoms with E-state index in [0.717, 1.165) is 28.8 Å². The van der Waals surface area contributed by atoms with Gasteiger partial charge in [-0.05, 0) is 49.1 Å². The van der Waals surface area contributed by atoms with Gasteiger partial charge in [-0.25, -0.2) is 0 Å². The largest absolute Gasteiger partial charge is 0.326 e. The minimum Gasteiger partial charge on any atom is -0.326 e. The molecule has 0 atom stereocenters. The van der Waals surface area contributed by atoms with Crippen LogP contribution < -0.4 is 10.6 Å². The molecule has 0 aliphatic carbocycles. The SMILES string of the molecule is CCc1cccc(C)c1NC(=O)CC(=O)Nc1cccc(C)c1. The van der Waals surface area contributed by atoms with E-state index >= 15 is 0 Å². The molecule has 0 aliphatic heterocycles. The standard InChI is InChI=1S/C19H22N2O2/c1-4-15-9-6-8-14(3)19(15)21-18(23)12-17(22)20-16-10-5-7-13(2)11-16/h5-11H,4,12H2,1-3H3,(H,20,22)(H,21,23). The minimum absolute atomic E-state index is 0.203. The van der Waals surface area contributed by atoms with Crippen LogP contribution in [0.2, 0.25) is 0 Å². The Morgan fingerprint density at radius 1 is 0.957 bits per heavy atom. The van der Waals surface area contributed by atoms with Crippen LogP contribution in [0.1, 0.15) is 30.0 Å². The zero-order valence-electron chi connectivity index (χ0n) is 13.8. The lowest BCUT2D eigenvalue weighted by Gasteiger charge is -2.13. The van der Waals surface area contributed by atoms with Crippen molar-refractivity contribution in [3.05, 3.63) is 59.2 Å². The molecule has 0 radical (unpaired) electrons. The number of benzene rings is 2. The smallest absolute Gasteiger partial charge is 0.233 e. The van der Waals surface area contributed by atoms with Gasteiger partial charge in [0.05, 0.1) is 0 Å². The zero-order chi connectivity index (χ0) is 16.8. The summed E-state index contributed by atoms with van der Waals surface area (Å²) >= 11 is 0. The monoisotopic (exact) mass is 310 g/mol. The first-order valence-electron chi connectivity index (χ1n) is 7.74. The van der Waals surface area contributed by atoms with E-state index in [9.17, 15) is 9.59 Å². The van der Waals surface area contributed by atoms with E-state index in [1.807, 2.05) is 57.2 Å². The van der Waals surface area contributed by atoms with Crippen LogP contribution in [0.25, 0.3) is 0 Å². The summed E-state index contributed by atoms with van der Waals surface area (Å²) in [4.78, 5) is 24.1. The number of para-hydroxylation sites is 1. The molecule has 2 N–H and O–H groups in total. The molecular weight excluding hydrogens is 288 g/mol. The van der Waals surface area contributed by atoms with Crippen molar-refractivity contribution < 1.29 is 9.59 Å². The number of nitrogens with one attached hydrogen (secondary N) is 2. The van der Waals surface area contributed by atoms with Crippen LogP contribution in [0.3, 0.4) is 0 Å². The number of carbonyl (C=O) groups excluding carboxylic acids is 2. The highest BCUT2D eigenvalue weighted by atomic mass is 16.2. The average molecular weight is 310 g/mol. The van der Waals surface area contributed by atoms with Crippen molar-refractivity contribution in [1.82, 2.24) is 0 Å². The summed E-state index contributed by atoms with van der Waals surface area (Å²) < 4.78 is 0. The number of hydrogen-bond donors (Lipinski definition) is 2. The van der Waals surface area contributed by atoms with Crippen LogP contribution in [0.15, 0.2) is 42.5 Å². The minimum atomic E-state index is -0.320. The van der Waals surface area contributed by atoms with Gasteiger partial charge in [0.2, 0.25) is 11.8 Å². The molecule has 0 fully saturated rings. The van der Waals surface area contributed by atoms with Crippen molar-refractivity contribution in [3.63, 3.8) is 0 Å². The van der Waals surface area contributed by atoms with Crippen LogP contribution in [-0.4, -0.2) is 11.8 Å². The Kier molecular flexibility index (Phi) is 5.52. The lowest BCUT2D eigenvalue weighted by atomic mass is 10.1. The fourth-order valence-electron chi connectivity index (χ4n) is 2.46. The van der Waals surface area contributed by atoms with Crippen molar-refractivity contribution >= 4 is 23.2 Å². The molecule has 0 heterocycles. The first-order chi connectivity index (χ1) is 11.0. The van der Waals surface area contributed by atoms with Crippen molar-refractivity contribution in [2.45, 2.75) is 33.6 Å². The number of rotatable bonds is 5. The van der Waals surface area contributed by atoms with Crippen molar-refractivity contribution in [2.24, 2.45) is 0 Å². The van der Waals surface area contributed by atoms with Crippen LogP contribution in [0.4, 0.5) is 11.4 Å². The van der Waals surface area contributed by atoms with Crippen LogP contribution in [0, 0.1) is 13.8 Å². The number of amides is 2. The van der Waals surface area contributed by atoms with Crippen molar-refractivity contribution in [1.29, 1.82) is 0 Å². The molecule has 0 aromatic heterocycles. The third-order valence-corrected chi connectivity index (χ3v) is 3.63. The normalized spacial score (nSPS) is 10.2. The van der Waals surface area contributed by atoms with Gasteiger partial charge in [0.25, 0.3) is 0 Å². The van der Waals surface area contributed by atoms with Gasteiger partial charge >= 0.3 is 0 Å². The van der Waals surface area contributed by atoms with Gasteiger partial charge in [-0.15, -0.1) is 0 Å². The van der Waals surface area contributed by atoms with Crippen LogP contribution in [0.5, 0.6) is 0 Å². The van der Waals surface area contributed by atoms with E-state index in [2.05, 4.69) is 10.6 Å². The molecule has 4 nitrogen and oxygen atoms in total. The van der Waals surface area contributed by atoms with Gasteiger partial charge in [0.1, 0.15) is 6.42 Å². The average Bonchev–Trinajstić information content (AvgIpc) is 2.49. The molecule has 0 unspecified atom stereocenters. The molecule has 2 amide bonds. The number of anilines is 2. The topological polar surface area (TPSA) is 58.2 Å². The number of aryl methyl sites for hydroxylation is 3. The first-order valence-corrected chi connectivity index (χ1v) is 7.74.